The second-order valence-electron chi connectivity index (χ2n) is 35.1. The van der Waals surface area contributed by atoms with E-state index in [9.17, 15) is 15.0 Å². The number of esters is 1. The van der Waals surface area contributed by atoms with Gasteiger partial charge in [0, 0.05) is 63.5 Å². The third kappa shape index (κ3) is 6.98. The summed E-state index contributed by atoms with van der Waals surface area (Å²) in [4.78, 5) is 30.9. The zero-order valence-corrected chi connectivity index (χ0v) is 54.1. The van der Waals surface area contributed by atoms with Crippen LogP contribution in [0.25, 0.3) is 0 Å². The first-order valence-corrected chi connectivity index (χ1v) is 37.0. The summed E-state index contributed by atoms with van der Waals surface area (Å²) in [6, 6.07) is 26.7. The summed E-state index contributed by atoms with van der Waals surface area (Å²) >= 11 is 0. The van der Waals surface area contributed by atoms with Crippen molar-refractivity contribution in [3.8, 4) is 11.8 Å². The molecule has 482 valence electrons. The van der Waals surface area contributed by atoms with Gasteiger partial charge in [0.2, 0.25) is 0 Å². The molecule has 18 aliphatic rings. The van der Waals surface area contributed by atoms with E-state index in [1.54, 1.807) is 6.08 Å². The first-order chi connectivity index (χ1) is 44.0. The van der Waals surface area contributed by atoms with Crippen LogP contribution in [-0.2, 0) is 44.9 Å². The molecule has 6 N–H and O–H groups in total. The van der Waals surface area contributed by atoms with Gasteiger partial charge in [0.1, 0.15) is 23.6 Å². The van der Waals surface area contributed by atoms with Gasteiger partial charge in [-0.15, -0.1) is 0 Å². The van der Waals surface area contributed by atoms with Crippen molar-refractivity contribution in [3.63, 3.8) is 0 Å². The van der Waals surface area contributed by atoms with Crippen molar-refractivity contribution >= 4 is 12.3 Å². The van der Waals surface area contributed by atoms with E-state index in [-0.39, 0.29) is 78.0 Å². The summed E-state index contributed by atoms with van der Waals surface area (Å²) in [5, 5.41) is 77.1. The molecule has 26 unspecified atom stereocenters. The number of aliphatic hydroxyl groups excluding tert-OH is 2. The Morgan fingerprint density at radius 3 is 2.35 bits per heavy atom. The van der Waals surface area contributed by atoms with Crippen LogP contribution in [0.1, 0.15) is 200 Å². The maximum atomic E-state index is 16.6. The fourth-order valence-electron chi connectivity index (χ4n) is 30.0. The predicted octanol–water partition coefficient (Wildman–Crippen LogP) is 11.9. The van der Waals surface area contributed by atoms with E-state index in [2.05, 4.69) is 84.7 Å². The van der Waals surface area contributed by atoms with E-state index < -0.39 is 73.5 Å². The van der Waals surface area contributed by atoms with Crippen LogP contribution in [0.5, 0.6) is 0 Å². The Bertz CT molecular complexity index is 3620. The highest BCUT2D eigenvalue weighted by molar-refractivity contribution is 5.86. The molecule has 11 saturated carbocycles. The number of fused-ring (bicyclic) bond motifs is 5. The van der Waals surface area contributed by atoms with Gasteiger partial charge in [-0.25, -0.2) is 4.79 Å². The van der Waals surface area contributed by atoms with Crippen LogP contribution in [0, 0.1) is 115 Å². The SMILES string of the molecule is CNC1Cc2c(cccc2CO)C#CC2(CCCC2)CC23CCC4C5(C=O)CC67C8CC9CC(c%10ccccc%10)CCC96CCC8C68CCC9(CCC(CC(C(O)C4(O)C2(O)CC2CC1C1OC(=O)C=C1C23)C59O)C(C)C1CCC(Cc2cccc(c2)C6)C1)C7O8. The fraction of sp³-hybridized carbons (Fsp3) is 0.704. The predicted molar refractivity (Wildman–Crippen MR) is 344 cm³/mol. The number of aldehydes is 1. The van der Waals surface area contributed by atoms with E-state index in [0.717, 1.165) is 131 Å². The van der Waals surface area contributed by atoms with Crippen LogP contribution in [0.4, 0.5) is 0 Å². The molecule has 6 spiro atoms. The Morgan fingerprint density at radius 2 is 1.53 bits per heavy atom. The van der Waals surface area contributed by atoms with E-state index in [0.29, 0.717) is 75.0 Å². The minimum absolute atomic E-state index is 0.0974. The molecule has 3 aromatic rings. The van der Waals surface area contributed by atoms with Gasteiger partial charge < -0.3 is 45.1 Å². The largest absolute Gasteiger partial charge is 0.454 e. The molecule has 4 heterocycles. The number of ether oxygens (including phenoxy) is 2. The zero-order chi connectivity index (χ0) is 61.7. The number of likely N-dealkylation sites (N-methyl/N-ethyl adjacent to an activating group) is 1. The minimum Gasteiger partial charge on any atom is -0.454 e. The number of aliphatic hydroxyl groups is 5. The molecule has 4 aliphatic heterocycles. The Hall–Kier alpha value is -4.18. The lowest BCUT2D eigenvalue weighted by atomic mass is 9.25. The smallest absolute Gasteiger partial charge is 0.331 e. The van der Waals surface area contributed by atoms with Gasteiger partial charge in [-0.05, 0) is 265 Å². The molecule has 16 bridgehead atoms. The number of nitrogens with one attached hydrogen (secondary N) is 1. The van der Waals surface area contributed by atoms with Crippen molar-refractivity contribution in [2.24, 2.45) is 104 Å². The van der Waals surface area contributed by atoms with Crippen molar-refractivity contribution in [2.75, 3.05) is 7.05 Å². The quantitative estimate of drug-likeness (QED) is 0.0841. The summed E-state index contributed by atoms with van der Waals surface area (Å²) in [7, 11) is 1.98. The second kappa shape index (κ2) is 19.5. The molecule has 0 amide bonds. The second-order valence-corrected chi connectivity index (χ2v) is 35.1. The van der Waals surface area contributed by atoms with Crippen molar-refractivity contribution < 1.29 is 44.6 Å². The maximum Gasteiger partial charge on any atom is 0.331 e. The van der Waals surface area contributed by atoms with Gasteiger partial charge in [0.25, 0.3) is 0 Å². The number of rotatable bonds is 4. The van der Waals surface area contributed by atoms with Crippen LogP contribution < -0.4 is 5.32 Å². The normalized spacial score (nSPS) is 51.8. The highest BCUT2D eigenvalue weighted by atomic mass is 16.5. The van der Waals surface area contributed by atoms with Gasteiger partial charge in [-0.3, -0.25) is 0 Å². The molecule has 13 fully saturated rings. The summed E-state index contributed by atoms with van der Waals surface area (Å²) in [6.45, 7) is 2.36. The molecule has 0 radical (unpaired) electrons. The maximum absolute atomic E-state index is 16.6. The van der Waals surface area contributed by atoms with Crippen LogP contribution in [0.2, 0.25) is 0 Å². The lowest BCUT2D eigenvalue weighted by molar-refractivity contribution is -0.447. The first-order valence-electron chi connectivity index (χ1n) is 37.0. The topological polar surface area (TPSA) is 166 Å². The molecule has 0 aromatic heterocycles. The van der Waals surface area contributed by atoms with Crippen molar-refractivity contribution in [3.05, 3.63) is 118 Å². The Kier molecular flexibility index (Phi) is 12.5. The highest BCUT2D eigenvalue weighted by Gasteiger charge is 2.93. The summed E-state index contributed by atoms with van der Waals surface area (Å²) in [6.07, 6.45) is 22.5. The molecule has 91 heavy (non-hydrogen) atoms. The highest BCUT2D eigenvalue weighted by Crippen LogP contribution is 2.90. The molecule has 26 atom stereocenters. The number of carbonyl (C=O) groups is 2. The molecule has 10 nitrogen and oxygen atoms in total. The monoisotopic (exact) mass is 1230 g/mol. The average Bonchev–Trinajstić information content (AvgIpc) is 1.61. The lowest BCUT2D eigenvalue weighted by Gasteiger charge is -2.83. The molecular formula is C81H99NO9. The molecule has 3 aromatic carbocycles. The van der Waals surface area contributed by atoms with Gasteiger partial charge in [0.05, 0.1) is 35.4 Å². The van der Waals surface area contributed by atoms with Gasteiger partial charge in [-0.1, -0.05) is 98.3 Å². The molecule has 10 heteroatoms. The van der Waals surface area contributed by atoms with Gasteiger partial charge in [-0.2, -0.15) is 0 Å². The third-order valence-corrected chi connectivity index (χ3v) is 33.1. The van der Waals surface area contributed by atoms with Crippen molar-refractivity contribution in [1.82, 2.24) is 5.32 Å². The summed E-state index contributed by atoms with van der Waals surface area (Å²) in [5.41, 5.74) is -3.33. The van der Waals surface area contributed by atoms with Crippen LogP contribution in [0.3, 0.4) is 0 Å². The number of benzene rings is 3. The standard InChI is InChI=1S/C81H99NO9/c1-47-53-17-16-49(34-53)32-48-10-8-11-50(33-48)41-77-31-30-74-27-19-54(47)37-64-70(86)80(88)66(76(46-84,81(64,74)89)45-78(71(74)91-77)63-38-58-35-55(51-12-4-3-5-13-51)20-26-73(58,78)28-21-62(63)77)22-29-75-44-72(23-6-7-24-72)25-18-52-14-9-15-56(43-83)59(52)39-65(82-2)60-36-57(42-79(75,80)87)68(75)61-40-67(85)90-69(60)61/h3-5,8-15,33,40,46-47,49,53-55,57-58,60,62-66,68-71,82-83,86-89H,6-7,16-17,19-24,26-32,34-39,41-45H2,1-2H3. The van der Waals surface area contributed by atoms with Crippen molar-refractivity contribution in [1.29, 1.82) is 0 Å². The van der Waals surface area contributed by atoms with Crippen LogP contribution >= 0.6 is 0 Å². The summed E-state index contributed by atoms with van der Waals surface area (Å²) in [5.74, 6) is 7.47. The van der Waals surface area contributed by atoms with Crippen LogP contribution in [-0.4, -0.2) is 91.6 Å². The number of hydrogen-bond acceptors (Lipinski definition) is 10. The first kappa shape index (κ1) is 58.2. The Morgan fingerprint density at radius 1 is 0.736 bits per heavy atom. The van der Waals surface area contributed by atoms with Gasteiger partial charge in [0.15, 0.2) is 0 Å². The number of carbonyl (C=O) groups excluding carboxylic acids is 2. The molecular weight excluding hydrogens is 1130 g/mol. The van der Waals surface area contributed by atoms with E-state index >= 15 is 20.1 Å². The van der Waals surface area contributed by atoms with E-state index in [4.69, 9.17) is 9.47 Å². The Balaban J connectivity index is 0.843. The minimum atomic E-state index is -2.24. The number of hydrogen-bond donors (Lipinski definition) is 6. The van der Waals surface area contributed by atoms with E-state index in [1.807, 2.05) is 19.2 Å². The molecule has 14 aliphatic carbocycles. The zero-order valence-electron chi connectivity index (χ0n) is 54.1. The average molecular weight is 1230 g/mol. The third-order valence-electron chi connectivity index (χ3n) is 33.1. The summed E-state index contributed by atoms with van der Waals surface area (Å²) < 4.78 is 15.2. The Labute approximate surface area is 539 Å². The molecule has 21 rings (SSSR count). The van der Waals surface area contributed by atoms with E-state index in [1.165, 1.54) is 29.4 Å². The van der Waals surface area contributed by atoms with Crippen molar-refractivity contribution in [2.45, 2.75) is 240 Å². The lowest BCUT2D eigenvalue weighted by Crippen LogP contribution is -2.91. The fourth-order valence-corrected chi connectivity index (χ4v) is 30.0. The van der Waals surface area contributed by atoms with Crippen LogP contribution in [0.15, 0.2) is 84.4 Å². The van der Waals surface area contributed by atoms with Gasteiger partial charge >= 0.3 is 5.97 Å². The molecule has 2 saturated heterocycles.